The zero-order valence-corrected chi connectivity index (χ0v) is 23.0. The highest BCUT2D eigenvalue weighted by Crippen LogP contribution is 2.24. The van der Waals surface area contributed by atoms with Crippen molar-refractivity contribution in [2.75, 3.05) is 24.5 Å². The van der Waals surface area contributed by atoms with Crippen LogP contribution in [0.5, 0.6) is 0 Å². The minimum atomic E-state index is -0.186. The summed E-state index contributed by atoms with van der Waals surface area (Å²) in [6, 6.07) is 27.7. The van der Waals surface area contributed by atoms with Crippen LogP contribution in [-0.4, -0.2) is 47.5 Å². The molecule has 0 aliphatic carbocycles. The number of pyridine rings is 1. The number of aromatic nitrogens is 1. The molecule has 1 aliphatic heterocycles. The van der Waals surface area contributed by atoms with Gasteiger partial charge in [0.15, 0.2) is 0 Å². The molecule has 0 saturated carbocycles. The summed E-state index contributed by atoms with van der Waals surface area (Å²) in [7, 11) is 0. The van der Waals surface area contributed by atoms with Gasteiger partial charge in [-0.25, -0.2) is 0 Å². The summed E-state index contributed by atoms with van der Waals surface area (Å²) in [6.45, 7) is 9.19. The molecule has 3 aromatic carbocycles. The molecule has 1 aromatic heterocycles. The summed E-state index contributed by atoms with van der Waals surface area (Å²) in [5.41, 5.74) is 4.76. The Morgan fingerprint density at radius 3 is 2.49 bits per heavy atom. The van der Waals surface area contributed by atoms with Crippen LogP contribution in [0.15, 0.2) is 91.3 Å². The molecular weight excluding hydrogens is 482 g/mol. The number of carbonyl (C=O) groups is 1. The van der Waals surface area contributed by atoms with Gasteiger partial charge in [-0.1, -0.05) is 60.7 Å². The standard InChI is InChI=1S/C33H39N5O/c1-3-37(4-2)30-16-14-25(15-17-30)23-38-24-29(19-32(38)33(39)36-21-26-9-8-18-34-20-26)35-22-28-12-7-11-27-10-5-6-13-31(27)28/h5-18,20,29,32,35H,3-4,19,21-24H2,1-2H3,(H,36,39)/t29-,32-/m0/s1. The Bertz CT molecular complexity index is 1350. The van der Waals surface area contributed by atoms with E-state index in [-0.39, 0.29) is 18.0 Å². The van der Waals surface area contributed by atoms with E-state index < -0.39 is 0 Å². The summed E-state index contributed by atoms with van der Waals surface area (Å²) in [4.78, 5) is 22.3. The Labute approximate surface area is 232 Å². The summed E-state index contributed by atoms with van der Waals surface area (Å²) in [6.07, 6.45) is 4.33. The van der Waals surface area contributed by atoms with Crippen LogP contribution in [0.4, 0.5) is 5.69 Å². The average molecular weight is 522 g/mol. The zero-order chi connectivity index (χ0) is 27.0. The lowest BCUT2D eigenvalue weighted by molar-refractivity contribution is -0.125. The monoisotopic (exact) mass is 521 g/mol. The van der Waals surface area contributed by atoms with Crippen LogP contribution >= 0.6 is 0 Å². The number of anilines is 1. The Balaban J connectivity index is 1.28. The molecule has 0 bridgehead atoms. The number of carbonyl (C=O) groups excluding carboxylic acids is 1. The maximum atomic E-state index is 13.4. The van der Waals surface area contributed by atoms with Crippen molar-refractivity contribution in [1.29, 1.82) is 0 Å². The molecular formula is C33H39N5O. The van der Waals surface area contributed by atoms with Gasteiger partial charge in [-0.05, 0) is 65.9 Å². The van der Waals surface area contributed by atoms with Crippen molar-refractivity contribution in [1.82, 2.24) is 20.5 Å². The van der Waals surface area contributed by atoms with Gasteiger partial charge in [-0.3, -0.25) is 14.7 Å². The molecule has 0 unspecified atom stereocenters. The van der Waals surface area contributed by atoms with Crippen LogP contribution in [-0.2, 0) is 24.4 Å². The van der Waals surface area contributed by atoms with Crippen LogP contribution in [0.3, 0.4) is 0 Å². The molecule has 6 heteroatoms. The zero-order valence-electron chi connectivity index (χ0n) is 23.0. The number of likely N-dealkylation sites (tertiary alicyclic amines) is 1. The van der Waals surface area contributed by atoms with Crippen molar-refractivity contribution in [3.63, 3.8) is 0 Å². The van der Waals surface area contributed by atoms with Gasteiger partial charge in [0, 0.05) is 63.4 Å². The molecule has 0 radical (unpaired) electrons. The molecule has 202 valence electrons. The molecule has 4 aromatic rings. The van der Waals surface area contributed by atoms with Gasteiger partial charge >= 0.3 is 0 Å². The maximum absolute atomic E-state index is 13.4. The van der Waals surface area contributed by atoms with Crippen LogP contribution in [0.25, 0.3) is 10.8 Å². The normalized spacial score (nSPS) is 17.4. The second-order valence-electron chi connectivity index (χ2n) is 10.3. The third-order valence-electron chi connectivity index (χ3n) is 7.81. The first-order valence-electron chi connectivity index (χ1n) is 14.1. The van der Waals surface area contributed by atoms with Gasteiger partial charge in [-0.15, -0.1) is 0 Å². The molecule has 2 heterocycles. The molecule has 1 saturated heterocycles. The van der Waals surface area contributed by atoms with E-state index in [0.29, 0.717) is 6.54 Å². The molecule has 39 heavy (non-hydrogen) atoms. The van der Waals surface area contributed by atoms with E-state index in [4.69, 9.17) is 0 Å². The SMILES string of the molecule is CCN(CC)c1ccc(CN2C[C@@H](NCc3cccc4ccccc34)C[C@H]2C(=O)NCc2cccnc2)cc1. The van der Waals surface area contributed by atoms with E-state index in [2.05, 4.69) is 106 Å². The summed E-state index contributed by atoms with van der Waals surface area (Å²) in [5, 5.41) is 9.46. The van der Waals surface area contributed by atoms with Crippen LogP contribution < -0.4 is 15.5 Å². The second-order valence-corrected chi connectivity index (χ2v) is 10.3. The van der Waals surface area contributed by atoms with E-state index >= 15 is 0 Å². The van der Waals surface area contributed by atoms with E-state index in [0.717, 1.165) is 44.7 Å². The van der Waals surface area contributed by atoms with Crippen molar-refractivity contribution in [3.05, 3.63) is 108 Å². The van der Waals surface area contributed by atoms with E-state index in [1.54, 1.807) is 12.4 Å². The lowest BCUT2D eigenvalue weighted by atomic mass is 10.0. The Morgan fingerprint density at radius 1 is 0.923 bits per heavy atom. The number of rotatable bonds is 11. The molecule has 0 spiro atoms. The Kier molecular flexibility index (Phi) is 8.86. The topological polar surface area (TPSA) is 60.5 Å². The molecule has 2 atom stereocenters. The quantitative estimate of drug-likeness (QED) is 0.287. The van der Waals surface area contributed by atoms with Gasteiger partial charge < -0.3 is 15.5 Å². The third kappa shape index (κ3) is 6.64. The van der Waals surface area contributed by atoms with Crippen molar-refractivity contribution >= 4 is 22.4 Å². The predicted molar refractivity (Wildman–Crippen MR) is 159 cm³/mol. The van der Waals surface area contributed by atoms with Crippen LogP contribution in [0, 0.1) is 0 Å². The molecule has 5 rings (SSSR count). The summed E-state index contributed by atoms with van der Waals surface area (Å²) >= 11 is 0. The largest absolute Gasteiger partial charge is 0.372 e. The fourth-order valence-corrected chi connectivity index (χ4v) is 5.64. The number of fused-ring (bicyclic) bond motifs is 1. The number of hydrogen-bond donors (Lipinski definition) is 2. The molecule has 6 nitrogen and oxygen atoms in total. The van der Waals surface area contributed by atoms with Gasteiger partial charge in [0.05, 0.1) is 6.04 Å². The number of nitrogens with zero attached hydrogens (tertiary/aromatic N) is 3. The fraction of sp³-hybridized carbons (Fsp3) is 0.333. The van der Waals surface area contributed by atoms with Gasteiger partial charge in [-0.2, -0.15) is 0 Å². The Morgan fingerprint density at radius 2 is 1.72 bits per heavy atom. The van der Waals surface area contributed by atoms with E-state index in [1.807, 2.05) is 12.1 Å². The lowest BCUT2D eigenvalue weighted by Crippen LogP contribution is -2.42. The predicted octanol–water partition coefficient (Wildman–Crippen LogP) is 5.13. The number of amides is 1. The number of hydrogen-bond acceptors (Lipinski definition) is 5. The maximum Gasteiger partial charge on any atom is 0.237 e. The van der Waals surface area contributed by atoms with Crippen molar-refractivity contribution in [2.45, 2.75) is 52.0 Å². The average Bonchev–Trinajstić information content (AvgIpc) is 3.39. The highest BCUT2D eigenvalue weighted by atomic mass is 16.2. The first kappa shape index (κ1) is 26.9. The number of nitrogens with one attached hydrogen (secondary N) is 2. The van der Waals surface area contributed by atoms with Gasteiger partial charge in [0.1, 0.15) is 0 Å². The highest BCUT2D eigenvalue weighted by molar-refractivity contribution is 5.85. The summed E-state index contributed by atoms with van der Waals surface area (Å²) < 4.78 is 0. The minimum Gasteiger partial charge on any atom is -0.372 e. The van der Waals surface area contributed by atoms with Crippen LogP contribution in [0.2, 0.25) is 0 Å². The highest BCUT2D eigenvalue weighted by Gasteiger charge is 2.36. The van der Waals surface area contributed by atoms with Gasteiger partial charge in [0.25, 0.3) is 0 Å². The van der Waals surface area contributed by atoms with Gasteiger partial charge in [0.2, 0.25) is 5.91 Å². The first-order chi connectivity index (χ1) is 19.1. The molecule has 1 aliphatic rings. The third-order valence-corrected chi connectivity index (χ3v) is 7.81. The molecule has 2 N–H and O–H groups in total. The second kappa shape index (κ2) is 12.9. The smallest absolute Gasteiger partial charge is 0.237 e. The minimum absolute atomic E-state index is 0.0769. The molecule has 1 amide bonds. The number of benzene rings is 3. The fourth-order valence-electron chi connectivity index (χ4n) is 5.64. The van der Waals surface area contributed by atoms with E-state index in [9.17, 15) is 4.79 Å². The van der Waals surface area contributed by atoms with Crippen LogP contribution in [0.1, 0.15) is 37.0 Å². The van der Waals surface area contributed by atoms with Crippen molar-refractivity contribution in [3.8, 4) is 0 Å². The van der Waals surface area contributed by atoms with E-state index in [1.165, 1.54) is 27.6 Å². The van der Waals surface area contributed by atoms with Crippen molar-refractivity contribution < 1.29 is 4.79 Å². The Hall–Kier alpha value is -3.74. The summed E-state index contributed by atoms with van der Waals surface area (Å²) in [5.74, 6) is 0.0769. The first-order valence-corrected chi connectivity index (χ1v) is 14.1. The molecule has 1 fully saturated rings. The lowest BCUT2D eigenvalue weighted by Gasteiger charge is -2.25. The van der Waals surface area contributed by atoms with Crippen molar-refractivity contribution in [2.24, 2.45) is 0 Å².